The second-order valence-corrected chi connectivity index (χ2v) is 7.32. The van der Waals surface area contributed by atoms with Crippen LogP contribution in [0.1, 0.15) is 31.2 Å². The summed E-state index contributed by atoms with van der Waals surface area (Å²) in [5.74, 6) is 1.25. The van der Waals surface area contributed by atoms with E-state index in [1.165, 1.54) is 18.4 Å². The zero-order valence-corrected chi connectivity index (χ0v) is 14.6. The van der Waals surface area contributed by atoms with Gasteiger partial charge in [0.2, 0.25) is 5.91 Å². The van der Waals surface area contributed by atoms with Gasteiger partial charge in [0, 0.05) is 24.7 Å². The Labute approximate surface area is 144 Å². The summed E-state index contributed by atoms with van der Waals surface area (Å²) in [6, 6.07) is 4.22. The van der Waals surface area contributed by atoms with Gasteiger partial charge in [-0.1, -0.05) is 0 Å². The van der Waals surface area contributed by atoms with Crippen molar-refractivity contribution in [3.05, 3.63) is 30.1 Å². The largest absolute Gasteiger partial charge is 0.379 e. The first-order chi connectivity index (χ1) is 11.7. The van der Waals surface area contributed by atoms with Gasteiger partial charge in [-0.2, -0.15) is 0 Å². The smallest absolute Gasteiger partial charge is 0.220 e. The molecule has 0 aliphatic carbocycles. The molecule has 5 nitrogen and oxygen atoms in total. The van der Waals surface area contributed by atoms with Crippen molar-refractivity contribution in [3.8, 4) is 0 Å². The first-order valence-corrected chi connectivity index (χ1v) is 9.15. The lowest BCUT2D eigenvalue weighted by Crippen LogP contribution is -2.40. The van der Waals surface area contributed by atoms with Crippen molar-refractivity contribution in [2.45, 2.75) is 38.1 Å². The first kappa shape index (κ1) is 17.4. The summed E-state index contributed by atoms with van der Waals surface area (Å²) >= 11 is 0. The van der Waals surface area contributed by atoms with Crippen molar-refractivity contribution in [2.24, 2.45) is 11.8 Å². The summed E-state index contributed by atoms with van der Waals surface area (Å²) in [6.45, 7) is 3.69. The van der Waals surface area contributed by atoms with Crippen molar-refractivity contribution in [3.63, 3.8) is 0 Å². The number of nitrogens with one attached hydrogen (secondary N) is 1. The third-order valence-electron chi connectivity index (χ3n) is 5.41. The fourth-order valence-electron chi connectivity index (χ4n) is 3.75. The highest BCUT2D eigenvalue weighted by Crippen LogP contribution is 2.22. The lowest BCUT2D eigenvalue weighted by Gasteiger charge is -2.29. The molecule has 0 saturated carbocycles. The molecule has 5 heteroatoms. The number of carbonyl (C=O) groups is 1. The number of rotatable bonds is 6. The molecule has 1 amide bonds. The van der Waals surface area contributed by atoms with E-state index in [0.717, 1.165) is 32.5 Å². The highest BCUT2D eigenvalue weighted by atomic mass is 16.5. The summed E-state index contributed by atoms with van der Waals surface area (Å²) in [5.41, 5.74) is 1.26. The number of aromatic nitrogens is 1. The number of likely N-dealkylation sites (tertiary alicyclic amines) is 1. The standard InChI is InChI=1S/C19H29N3O2/c1-22-10-6-15(7-11-22)2-3-19(23)21-18-14-24-13-17(18)12-16-4-8-20-9-5-16/h4-5,8-9,15,17-18H,2-3,6-7,10-14H2,1H3,(H,21,23). The van der Waals surface area contributed by atoms with Gasteiger partial charge in [-0.25, -0.2) is 0 Å². The van der Waals surface area contributed by atoms with Crippen LogP contribution in [-0.4, -0.2) is 55.2 Å². The van der Waals surface area contributed by atoms with Gasteiger partial charge >= 0.3 is 0 Å². The van der Waals surface area contributed by atoms with Crippen LogP contribution in [0.4, 0.5) is 0 Å². The number of nitrogens with zero attached hydrogens (tertiary/aromatic N) is 2. The van der Waals surface area contributed by atoms with Gasteiger partial charge in [0.1, 0.15) is 0 Å². The number of hydrogen-bond donors (Lipinski definition) is 1. The molecule has 0 aromatic carbocycles. The molecule has 2 saturated heterocycles. The number of carbonyl (C=O) groups excluding carboxylic acids is 1. The molecule has 2 fully saturated rings. The highest BCUT2D eigenvalue weighted by molar-refractivity contribution is 5.76. The average molecular weight is 331 g/mol. The van der Waals surface area contributed by atoms with Crippen LogP contribution in [0.15, 0.2) is 24.5 Å². The minimum absolute atomic E-state index is 0.142. The summed E-state index contributed by atoms with van der Waals surface area (Å²) in [5, 5.41) is 3.21. The molecule has 2 aliphatic heterocycles. The van der Waals surface area contributed by atoms with Crippen molar-refractivity contribution < 1.29 is 9.53 Å². The van der Waals surface area contributed by atoms with Gasteiger partial charge < -0.3 is 15.0 Å². The Kier molecular flexibility index (Phi) is 6.21. The van der Waals surface area contributed by atoms with Gasteiger partial charge in [0.25, 0.3) is 0 Å². The zero-order valence-electron chi connectivity index (χ0n) is 14.6. The van der Waals surface area contributed by atoms with Crippen molar-refractivity contribution in [1.82, 2.24) is 15.2 Å². The minimum Gasteiger partial charge on any atom is -0.379 e. The molecule has 0 spiro atoms. The summed E-state index contributed by atoms with van der Waals surface area (Å²) in [7, 11) is 2.17. The Morgan fingerprint density at radius 1 is 1.29 bits per heavy atom. The number of amides is 1. The predicted molar refractivity (Wildman–Crippen MR) is 93.6 cm³/mol. The molecule has 132 valence electrons. The Hall–Kier alpha value is -1.46. The third-order valence-corrected chi connectivity index (χ3v) is 5.41. The molecule has 0 radical (unpaired) electrons. The van der Waals surface area contributed by atoms with Gasteiger partial charge in [0.15, 0.2) is 0 Å². The predicted octanol–water partition coefficient (Wildman–Crippen LogP) is 1.88. The number of pyridine rings is 1. The normalized spacial score (nSPS) is 25.7. The molecule has 1 aromatic rings. The first-order valence-electron chi connectivity index (χ1n) is 9.15. The summed E-state index contributed by atoms with van der Waals surface area (Å²) in [4.78, 5) is 18.7. The lowest BCUT2D eigenvalue weighted by molar-refractivity contribution is -0.122. The SMILES string of the molecule is CN1CCC(CCC(=O)NC2COCC2Cc2ccncc2)CC1. The quantitative estimate of drug-likeness (QED) is 0.865. The van der Waals surface area contributed by atoms with E-state index in [9.17, 15) is 4.79 Å². The average Bonchev–Trinajstić information content (AvgIpc) is 3.02. The summed E-state index contributed by atoms with van der Waals surface area (Å²) in [6.07, 6.45) is 8.68. The number of hydrogen-bond acceptors (Lipinski definition) is 4. The second kappa shape index (κ2) is 8.58. The molecule has 3 heterocycles. The van der Waals surface area contributed by atoms with Crippen molar-refractivity contribution >= 4 is 5.91 Å². The topological polar surface area (TPSA) is 54.5 Å². The van der Waals surface area contributed by atoms with E-state index >= 15 is 0 Å². The van der Waals surface area contributed by atoms with Crippen LogP contribution in [0.3, 0.4) is 0 Å². The van der Waals surface area contributed by atoms with Crippen LogP contribution in [0, 0.1) is 11.8 Å². The zero-order chi connectivity index (χ0) is 16.8. The maximum atomic E-state index is 12.3. The highest BCUT2D eigenvalue weighted by Gasteiger charge is 2.29. The van der Waals surface area contributed by atoms with E-state index in [0.29, 0.717) is 24.9 Å². The molecule has 2 aliphatic rings. The third kappa shape index (κ3) is 5.02. The van der Waals surface area contributed by atoms with Crippen LogP contribution < -0.4 is 5.32 Å². The molecule has 1 N–H and O–H groups in total. The van der Waals surface area contributed by atoms with E-state index in [2.05, 4.69) is 22.2 Å². The maximum Gasteiger partial charge on any atom is 0.220 e. The van der Waals surface area contributed by atoms with E-state index in [1.54, 1.807) is 0 Å². The van der Waals surface area contributed by atoms with Crippen molar-refractivity contribution in [2.75, 3.05) is 33.4 Å². The molecular formula is C19H29N3O2. The molecule has 2 unspecified atom stereocenters. The van der Waals surface area contributed by atoms with E-state index in [1.807, 2.05) is 24.5 Å². The summed E-state index contributed by atoms with van der Waals surface area (Å²) < 4.78 is 5.61. The van der Waals surface area contributed by atoms with Crippen LogP contribution in [0.2, 0.25) is 0 Å². The van der Waals surface area contributed by atoms with Crippen LogP contribution in [-0.2, 0) is 16.0 Å². The fourth-order valence-corrected chi connectivity index (χ4v) is 3.75. The number of ether oxygens (including phenoxy) is 1. The van der Waals surface area contributed by atoms with Crippen LogP contribution in [0.25, 0.3) is 0 Å². The van der Waals surface area contributed by atoms with Gasteiger partial charge in [0.05, 0.1) is 19.3 Å². The Bertz CT molecular complexity index is 515. The maximum absolute atomic E-state index is 12.3. The Morgan fingerprint density at radius 3 is 2.79 bits per heavy atom. The fraction of sp³-hybridized carbons (Fsp3) is 0.684. The lowest BCUT2D eigenvalue weighted by atomic mass is 9.92. The molecule has 3 rings (SSSR count). The molecule has 0 bridgehead atoms. The molecular weight excluding hydrogens is 302 g/mol. The van der Waals surface area contributed by atoms with E-state index < -0.39 is 0 Å². The molecule has 1 aromatic heterocycles. The van der Waals surface area contributed by atoms with E-state index in [-0.39, 0.29) is 11.9 Å². The van der Waals surface area contributed by atoms with Crippen LogP contribution in [0.5, 0.6) is 0 Å². The van der Waals surface area contributed by atoms with Crippen molar-refractivity contribution in [1.29, 1.82) is 0 Å². The second-order valence-electron chi connectivity index (χ2n) is 7.32. The Balaban J connectivity index is 1.41. The molecule has 24 heavy (non-hydrogen) atoms. The number of piperidine rings is 1. The van der Waals surface area contributed by atoms with Gasteiger partial charge in [-0.15, -0.1) is 0 Å². The molecule has 2 atom stereocenters. The van der Waals surface area contributed by atoms with Gasteiger partial charge in [-0.3, -0.25) is 9.78 Å². The monoisotopic (exact) mass is 331 g/mol. The Morgan fingerprint density at radius 2 is 2.04 bits per heavy atom. The van der Waals surface area contributed by atoms with E-state index in [4.69, 9.17) is 4.74 Å². The van der Waals surface area contributed by atoms with Gasteiger partial charge in [-0.05, 0) is 69.4 Å². The minimum atomic E-state index is 0.142. The van der Waals surface area contributed by atoms with Crippen LogP contribution >= 0.6 is 0 Å².